The Kier molecular flexibility index (Phi) is 6.70. The molecule has 0 radical (unpaired) electrons. The fourth-order valence-electron chi connectivity index (χ4n) is 2.11. The van der Waals surface area contributed by atoms with Crippen LogP contribution in [0.15, 0.2) is 48.5 Å². The van der Waals surface area contributed by atoms with E-state index in [1.54, 1.807) is 30.3 Å². The number of nitro benzene ring substituents is 1. The number of ether oxygens (including phenoxy) is 1. The fourth-order valence-corrected chi connectivity index (χ4v) is 2.11. The summed E-state index contributed by atoms with van der Waals surface area (Å²) in [7, 11) is 0. The third-order valence-corrected chi connectivity index (χ3v) is 3.45. The lowest BCUT2D eigenvalue weighted by Gasteiger charge is -2.07. The van der Waals surface area contributed by atoms with Gasteiger partial charge >= 0.3 is 5.97 Å². The first-order valence-corrected chi connectivity index (χ1v) is 7.84. The van der Waals surface area contributed by atoms with E-state index in [9.17, 15) is 28.9 Å². The lowest BCUT2D eigenvalue weighted by atomic mass is 10.1. The minimum atomic E-state index is -0.867. The van der Waals surface area contributed by atoms with Gasteiger partial charge in [-0.3, -0.25) is 24.5 Å². The number of carbonyl (C=O) groups is 3. The molecule has 0 aliphatic rings. The SMILES string of the molecule is O=C(COC(=O)CCC(=O)c1ccccc1)Nc1cc([N+](=O)[O-])ccc1F. The van der Waals surface area contributed by atoms with Crippen LogP contribution in [0, 0.1) is 15.9 Å². The normalized spacial score (nSPS) is 10.1. The average Bonchev–Trinajstić information content (AvgIpc) is 2.66. The van der Waals surface area contributed by atoms with Crippen LogP contribution in [0.5, 0.6) is 0 Å². The number of rotatable bonds is 8. The van der Waals surface area contributed by atoms with Crippen LogP contribution in [-0.2, 0) is 14.3 Å². The van der Waals surface area contributed by atoms with Gasteiger partial charge in [-0.25, -0.2) is 4.39 Å². The molecule has 0 unspecified atom stereocenters. The number of nitrogens with zero attached hydrogens (tertiary/aromatic N) is 1. The van der Waals surface area contributed by atoms with E-state index in [0.717, 1.165) is 18.2 Å². The van der Waals surface area contributed by atoms with Crippen LogP contribution in [0.1, 0.15) is 23.2 Å². The molecule has 0 atom stereocenters. The van der Waals surface area contributed by atoms with E-state index in [1.165, 1.54) is 0 Å². The minimum absolute atomic E-state index is 0.0794. The van der Waals surface area contributed by atoms with Crippen molar-refractivity contribution in [2.45, 2.75) is 12.8 Å². The van der Waals surface area contributed by atoms with Crippen molar-refractivity contribution in [3.63, 3.8) is 0 Å². The summed E-state index contributed by atoms with van der Waals surface area (Å²) in [5.74, 6) is -2.74. The lowest BCUT2D eigenvalue weighted by Crippen LogP contribution is -2.21. The number of carbonyl (C=O) groups excluding carboxylic acids is 3. The first-order chi connectivity index (χ1) is 12.9. The molecule has 0 saturated carbocycles. The van der Waals surface area contributed by atoms with Crippen LogP contribution in [0.2, 0.25) is 0 Å². The smallest absolute Gasteiger partial charge is 0.306 e. The predicted molar refractivity (Wildman–Crippen MR) is 92.6 cm³/mol. The Morgan fingerprint density at radius 1 is 1.07 bits per heavy atom. The number of benzene rings is 2. The largest absolute Gasteiger partial charge is 0.456 e. The Balaban J connectivity index is 1.80. The maximum atomic E-state index is 13.6. The minimum Gasteiger partial charge on any atom is -0.456 e. The van der Waals surface area contributed by atoms with Crippen LogP contribution >= 0.6 is 0 Å². The molecule has 140 valence electrons. The Morgan fingerprint density at radius 3 is 2.44 bits per heavy atom. The van der Waals surface area contributed by atoms with Gasteiger partial charge in [-0.05, 0) is 6.07 Å². The highest BCUT2D eigenvalue weighted by Crippen LogP contribution is 2.21. The summed E-state index contributed by atoms with van der Waals surface area (Å²) in [6, 6.07) is 11.0. The first-order valence-electron chi connectivity index (χ1n) is 7.84. The van der Waals surface area contributed by atoms with Crippen LogP contribution in [-0.4, -0.2) is 29.2 Å². The van der Waals surface area contributed by atoms with Crippen molar-refractivity contribution in [2.75, 3.05) is 11.9 Å². The molecule has 0 fully saturated rings. The van der Waals surface area contributed by atoms with E-state index < -0.39 is 40.6 Å². The predicted octanol–water partition coefficient (Wildman–Crippen LogP) is 2.88. The molecule has 2 aromatic rings. The molecule has 8 nitrogen and oxygen atoms in total. The maximum absolute atomic E-state index is 13.6. The van der Waals surface area contributed by atoms with Crippen LogP contribution < -0.4 is 5.32 Å². The molecule has 2 rings (SSSR count). The molecule has 0 spiro atoms. The van der Waals surface area contributed by atoms with Gasteiger partial charge < -0.3 is 10.1 Å². The van der Waals surface area contributed by atoms with Crippen molar-refractivity contribution in [3.05, 3.63) is 70.0 Å². The Hall–Kier alpha value is -3.62. The number of hydrogen-bond donors (Lipinski definition) is 1. The van der Waals surface area contributed by atoms with E-state index in [0.29, 0.717) is 5.56 Å². The summed E-state index contributed by atoms with van der Waals surface area (Å²) >= 11 is 0. The second-order valence-corrected chi connectivity index (χ2v) is 5.42. The molecule has 1 N–H and O–H groups in total. The Labute approximate surface area is 153 Å². The number of Topliss-reactive ketones (excluding diaryl/α,β-unsaturated/α-hetero) is 1. The number of amides is 1. The zero-order chi connectivity index (χ0) is 19.8. The van der Waals surface area contributed by atoms with E-state index in [-0.39, 0.29) is 18.6 Å². The van der Waals surface area contributed by atoms with E-state index in [2.05, 4.69) is 5.32 Å². The highest BCUT2D eigenvalue weighted by molar-refractivity contribution is 5.98. The van der Waals surface area contributed by atoms with Gasteiger partial charge in [0.25, 0.3) is 11.6 Å². The Bertz CT molecular complexity index is 869. The summed E-state index contributed by atoms with van der Waals surface area (Å²) in [5.41, 5.74) is -0.336. The summed E-state index contributed by atoms with van der Waals surface area (Å²) in [5, 5.41) is 12.8. The maximum Gasteiger partial charge on any atom is 0.306 e. The van der Waals surface area contributed by atoms with Crippen molar-refractivity contribution in [3.8, 4) is 0 Å². The third-order valence-electron chi connectivity index (χ3n) is 3.45. The number of anilines is 1. The molecule has 0 saturated heterocycles. The van der Waals surface area contributed by atoms with E-state index >= 15 is 0 Å². The van der Waals surface area contributed by atoms with Gasteiger partial charge in [0.05, 0.1) is 17.0 Å². The summed E-state index contributed by atoms with van der Waals surface area (Å²) in [4.78, 5) is 45.1. The number of hydrogen-bond acceptors (Lipinski definition) is 6. The molecule has 0 aliphatic heterocycles. The van der Waals surface area contributed by atoms with Crippen LogP contribution in [0.25, 0.3) is 0 Å². The van der Waals surface area contributed by atoms with E-state index in [1.807, 2.05) is 0 Å². The number of non-ortho nitro benzene ring substituents is 1. The van der Waals surface area contributed by atoms with Crippen molar-refractivity contribution in [2.24, 2.45) is 0 Å². The quantitative estimate of drug-likeness (QED) is 0.329. The third kappa shape index (κ3) is 5.99. The van der Waals surface area contributed by atoms with Crippen molar-refractivity contribution < 1.29 is 28.4 Å². The lowest BCUT2D eigenvalue weighted by molar-refractivity contribution is -0.384. The van der Waals surface area contributed by atoms with Gasteiger partial charge in [-0.2, -0.15) is 0 Å². The number of nitro groups is 1. The number of esters is 1. The monoisotopic (exact) mass is 374 g/mol. The molecular weight excluding hydrogens is 359 g/mol. The van der Waals surface area contributed by atoms with E-state index in [4.69, 9.17) is 4.74 Å². The van der Waals surface area contributed by atoms with Gasteiger partial charge in [0.1, 0.15) is 5.82 Å². The molecule has 0 bridgehead atoms. The van der Waals surface area contributed by atoms with Crippen LogP contribution in [0.3, 0.4) is 0 Å². The highest BCUT2D eigenvalue weighted by atomic mass is 19.1. The highest BCUT2D eigenvalue weighted by Gasteiger charge is 2.15. The summed E-state index contributed by atoms with van der Waals surface area (Å²) in [6.07, 6.45) is -0.295. The molecular formula is C18H15FN2O6. The van der Waals surface area contributed by atoms with Gasteiger partial charge in [0.15, 0.2) is 12.4 Å². The molecule has 27 heavy (non-hydrogen) atoms. The van der Waals surface area contributed by atoms with Gasteiger partial charge in [-0.15, -0.1) is 0 Å². The Morgan fingerprint density at radius 2 is 1.78 bits per heavy atom. The van der Waals surface area contributed by atoms with Crippen molar-refractivity contribution in [1.82, 2.24) is 0 Å². The topological polar surface area (TPSA) is 116 Å². The molecule has 1 amide bonds. The first kappa shape index (κ1) is 19.7. The molecule has 2 aromatic carbocycles. The standard InChI is InChI=1S/C18H15FN2O6/c19-14-7-6-13(21(25)26)10-15(14)20-17(23)11-27-18(24)9-8-16(22)12-4-2-1-3-5-12/h1-7,10H,8-9,11H2,(H,20,23). The summed E-state index contributed by atoms with van der Waals surface area (Å²) < 4.78 is 18.3. The van der Waals surface area contributed by atoms with Crippen molar-refractivity contribution >= 4 is 29.0 Å². The second kappa shape index (κ2) is 9.18. The molecule has 9 heteroatoms. The molecule has 0 aliphatic carbocycles. The second-order valence-electron chi connectivity index (χ2n) is 5.42. The van der Waals surface area contributed by atoms with Crippen LogP contribution in [0.4, 0.5) is 15.8 Å². The molecule has 0 heterocycles. The van der Waals surface area contributed by atoms with Gasteiger partial charge in [-0.1, -0.05) is 30.3 Å². The number of ketones is 1. The molecule has 0 aromatic heterocycles. The number of nitrogens with one attached hydrogen (secondary N) is 1. The average molecular weight is 374 g/mol. The number of halogens is 1. The zero-order valence-corrected chi connectivity index (χ0v) is 14.0. The van der Waals surface area contributed by atoms with Crippen molar-refractivity contribution in [1.29, 1.82) is 0 Å². The van der Waals surface area contributed by atoms with Gasteiger partial charge in [0, 0.05) is 24.1 Å². The zero-order valence-electron chi connectivity index (χ0n) is 14.0. The van der Waals surface area contributed by atoms with Gasteiger partial charge in [0.2, 0.25) is 0 Å². The fraction of sp³-hybridized carbons (Fsp3) is 0.167. The summed E-state index contributed by atoms with van der Waals surface area (Å²) in [6.45, 7) is -0.708.